The molecule has 0 unspecified atom stereocenters. The molecule has 0 spiro atoms. The quantitative estimate of drug-likeness (QED) is 0.513. The van der Waals surface area contributed by atoms with Gasteiger partial charge in [-0.3, -0.25) is 0 Å². The van der Waals surface area contributed by atoms with Gasteiger partial charge >= 0.3 is 0 Å². The van der Waals surface area contributed by atoms with Crippen LogP contribution in [0.5, 0.6) is 0 Å². The van der Waals surface area contributed by atoms with E-state index in [0.717, 1.165) is 50.3 Å². The van der Waals surface area contributed by atoms with Gasteiger partial charge in [-0.25, -0.2) is 4.99 Å². The Labute approximate surface area is 173 Å². The summed E-state index contributed by atoms with van der Waals surface area (Å²) in [5, 5.41) is 17.5. The molecule has 0 radical (unpaired) electrons. The average molecular weight is 416 g/mol. The van der Waals surface area contributed by atoms with Gasteiger partial charge in [-0.2, -0.15) is 0 Å². The summed E-state index contributed by atoms with van der Waals surface area (Å²) in [6.07, 6.45) is 0. The Balaban J connectivity index is 1.44. The Bertz CT molecular complexity index is 891. The van der Waals surface area contributed by atoms with Gasteiger partial charge in [-0.05, 0) is 35.9 Å². The molecule has 0 bridgehead atoms. The second-order valence-electron chi connectivity index (χ2n) is 6.72. The van der Waals surface area contributed by atoms with Crippen LogP contribution in [0.25, 0.3) is 0 Å². The first-order chi connectivity index (χ1) is 13.7. The molecule has 0 aliphatic carbocycles. The van der Waals surface area contributed by atoms with Crippen LogP contribution in [0.15, 0.2) is 40.0 Å². The second-order valence-corrected chi connectivity index (χ2v) is 8.68. The highest BCUT2D eigenvalue weighted by Crippen LogP contribution is 2.22. The number of aromatic nitrogens is 3. The number of guanidine groups is 1. The normalized spacial score (nSPS) is 15.3. The molecule has 7 nitrogen and oxygen atoms in total. The highest BCUT2D eigenvalue weighted by Gasteiger charge is 2.21. The van der Waals surface area contributed by atoms with Crippen molar-refractivity contribution in [1.29, 1.82) is 0 Å². The number of anilines is 1. The fraction of sp³-hybridized carbons (Fsp3) is 0.421. The molecular formula is C19H25N7S2. The average Bonchev–Trinajstić information content (AvgIpc) is 3.48. The summed E-state index contributed by atoms with van der Waals surface area (Å²) >= 11 is 3.57. The zero-order valence-corrected chi connectivity index (χ0v) is 17.8. The summed E-state index contributed by atoms with van der Waals surface area (Å²) in [4.78, 5) is 11.0. The van der Waals surface area contributed by atoms with Crippen LogP contribution in [-0.4, -0.2) is 51.8 Å². The Morgan fingerprint density at radius 3 is 2.54 bits per heavy atom. The number of hydrogen-bond donors (Lipinski definition) is 1. The van der Waals surface area contributed by atoms with E-state index >= 15 is 0 Å². The highest BCUT2D eigenvalue weighted by molar-refractivity contribution is 7.14. The lowest BCUT2D eigenvalue weighted by Gasteiger charge is -2.37. The number of aryl methyl sites for hydroxylation is 1. The molecule has 0 aromatic carbocycles. The molecule has 3 aromatic heterocycles. The van der Waals surface area contributed by atoms with Crippen molar-refractivity contribution in [3.8, 4) is 0 Å². The first-order valence-electron chi connectivity index (χ1n) is 9.39. The van der Waals surface area contributed by atoms with E-state index in [1.54, 1.807) is 22.7 Å². The number of aliphatic imine (C=N–C) groups is 1. The first-order valence-corrected chi connectivity index (χ1v) is 11.2. The topological polar surface area (TPSA) is 61.6 Å². The number of rotatable bonds is 5. The monoisotopic (exact) mass is 415 g/mol. The standard InChI is InChI=1S/C19H25N7S2/c1-15-22-23-17(24(15)2)14-21-19(20-13-16-5-3-11-27-16)26-9-7-25(8-10-26)18-6-4-12-28-18/h3-6,11-12H,7-10,13-14H2,1-2H3,(H,20,21). The van der Waals surface area contributed by atoms with Crippen LogP contribution in [0.3, 0.4) is 0 Å². The van der Waals surface area contributed by atoms with E-state index in [1.807, 2.05) is 18.5 Å². The number of nitrogens with zero attached hydrogens (tertiary/aromatic N) is 6. The van der Waals surface area contributed by atoms with Gasteiger partial charge in [0.25, 0.3) is 0 Å². The predicted octanol–water partition coefficient (Wildman–Crippen LogP) is 2.71. The second kappa shape index (κ2) is 8.74. The smallest absolute Gasteiger partial charge is 0.194 e. The van der Waals surface area contributed by atoms with E-state index in [0.29, 0.717) is 6.54 Å². The van der Waals surface area contributed by atoms with Crippen molar-refractivity contribution in [2.75, 3.05) is 31.1 Å². The van der Waals surface area contributed by atoms with E-state index in [9.17, 15) is 0 Å². The highest BCUT2D eigenvalue weighted by atomic mass is 32.1. The summed E-state index contributed by atoms with van der Waals surface area (Å²) in [5.41, 5.74) is 0. The molecule has 1 aliphatic rings. The van der Waals surface area contributed by atoms with Crippen LogP contribution >= 0.6 is 22.7 Å². The Morgan fingerprint density at radius 1 is 1.11 bits per heavy atom. The molecule has 0 amide bonds. The van der Waals surface area contributed by atoms with Crippen molar-refractivity contribution < 1.29 is 0 Å². The van der Waals surface area contributed by atoms with Gasteiger partial charge in [-0.15, -0.1) is 32.9 Å². The largest absolute Gasteiger partial charge is 0.360 e. The maximum atomic E-state index is 4.88. The zero-order valence-electron chi connectivity index (χ0n) is 16.2. The van der Waals surface area contributed by atoms with Crippen molar-refractivity contribution in [3.05, 3.63) is 51.6 Å². The van der Waals surface area contributed by atoms with Crippen LogP contribution in [0, 0.1) is 6.92 Å². The molecule has 148 valence electrons. The number of piperazine rings is 1. The number of nitrogens with one attached hydrogen (secondary N) is 1. The molecule has 28 heavy (non-hydrogen) atoms. The zero-order chi connectivity index (χ0) is 19.3. The Morgan fingerprint density at radius 2 is 1.89 bits per heavy atom. The third-order valence-corrected chi connectivity index (χ3v) is 6.76. The summed E-state index contributed by atoms with van der Waals surface area (Å²) in [6, 6.07) is 8.54. The third-order valence-electron chi connectivity index (χ3n) is 4.95. The van der Waals surface area contributed by atoms with Gasteiger partial charge in [0.15, 0.2) is 11.8 Å². The summed E-state index contributed by atoms with van der Waals surface area (Å²) in [6.45, 7) is 7.18. The predicted molar refractivity (Wildman–Crippen MR) is 116 cm³/mol. The van der Waals surface area contributed by atoms with E-state index < -0.39 is 0 Å². The van der Waals surface area contributed by atoms with Crippen LogP contribution in [0.4, 0.5) is 5.00 Å². The maximum Gasteiger partial charge on any atom is 0.194 e. The lowest BCUT2D eigenvalue weighted by atomic mass is 10.3. The lowest BCUT2D eigenvalue weighted by molar-refractivity contribution is 0.372. The van der Waals surface area contributed by atoms with Crippen molar-refractivity contribution >= 4 is 33.6 Å². The molecule has 0 saturated carbocycles. The van der Waals surface area contributed by atoms with E-state index in [-0.39, 0.29) is 0 Å². The molecule has 4 rings (SSSR count). The van der Waals surface area contributed by atoms with Gasteiger partial charge in [0.2, 0.25) is 0 Å². The van der Waals surface area contributed by atoms with E-state index in [4.69, 9.17) is 4.99 Å². The molecule has 3 aromatic rings. The maximum absolute atomic E-state index is 4.88. The molecule has 1 N–H and O–H groups in total. The fourth-order valence-electron chi connectivity index (χ4n) is 3.17. The summed E-state index contributed by atoms with van der Waals surface area (Å²) in [7, 11) is 1.98. The van der Waals surface area contributed by atoms with Crippen molar-refractivity contribution in [2.24, 2.45) is 12.0 Å². The minimum absolute atomic E-state index is 0.523. The van der Waals surface area contributed by atoms with Gasteiger partial charge < -0.3 is 19.7 Å². The van der Waals surface area contributed by atoms with Crippen molar-refractivity contribution in [1.82, 2.24) is 25.0 Å². The van der Waals surface area contributed by atoms with Gasteiger partial charge in [0.05, 0.1) is 11.5 Å². The molecule has 0 atom stereocenters. The van der Waals surface area contributed by atoms with Crippen molar-refractivity contribution in [2.45, 2.75) is 20.0 Å². The van der Waals surface area contributed by atoms with Crippen LogP contribution < -0.4 is 10.2 Å². The lowest BCUT2D eigenvalue weighted by Crippen LogP contribution is -2.52. The van der Waals surface area contributed by atoms with Crippen LogP contribution in [0.2, 0.25) is 0 Å². The minimum atomic E-state index is 0.523. The molecule has 1 fully saturated rings. The van der Waals surface area contributed by atoms with Crippen LogP contribution in [0.1, 0.15) is 16.5 Å². The van der Waals surface area contributed by atoms with E-state index in [1.165, 1.54) is 9.88 Å². The van der Waals surface area contributed by atoms with Gasteiger partial charge in [0.1, 0.15) is 12.4 Å². The van der Waals surface area contributed by atoms with Gasteiger partial charge in [-0.1, -0.05) is 6.07 Å². The molecule has 1 saturated heterocycles. The number of thiophene rings is 2. The summed E-state index contributed by atoms with van der Waals surface area (Å²) in [5.74, 6) is 2.73. The van der Waals surface area contributed by atoms with E-state index in [2.05, 4.69) is 60.3 Å². The first kappa shape index (κ1) is 18.9. The molecular weight excluding hydrogens is 390 g/mol. The van der Waals surface area contributed by atoms with Crippen LogP contribution in [-0.2, 0) is 20.1 Å². The molecule has 4 heterocycles. The van der Waals surface area contributed by atoms with Gasteiger partial charge in [0, 0.05) is 38.1 Å². The SMILES string of the molecule is Cc1nnc(CN=C(NCc2cccs2)N2CCN(c3cccs3)CC2)n1C. The fourth-order valence-corrected chi connectivity index (χ4v) is 4.60. The summed E-state index contributed by atoms with van der Waals surface area (Å²) < 4.78 is 2.00. The minimum Gasteiger partial charge on any atom is -0.360 e. The molecule has 9 heteroatoms. The van der Waals surface area contributed by atoms with Crippen molar-refractivity contribution in [3.63, 3.8) is 0 Å². The Hall–Kier alpha value is -2.39. The molecule has 1 aliphatic heterocycles. The third kappa shape index (κ3) is 4.36. The number of hydrogen-bond acceptors (Lipinski definition) is 6. The Kier molecular flexibility index (Phi) is 5.92.